The van der Waals surface area contributed by atoms with E-state index in [1.807, 2.05) is 25.1 Å². The molecule has 0 aliphatic carbocycles. The van der Waals surface area contributed by atoms with Crippen molar-refractivity contribution in [3.8, 4) is 0 Å². The van der Waals surface area contributed by atoms with Crippen LogP contribution in [0.25, 0.3) is 0 Å². The second kappa shape index (κ2) is 5.39. The number of aryl methyl sites for hydroxylation is 1. The van der Waals surface area contributed by atoms with E-state index < -0.39 is 6.04 Å². The Morgan fingerprint density at radius 3 is 2.61 bits per heavy atom. The molecule has 2 rings (SSSR count). The molecular weight excluding hydrogens is 317 g/mol. The molecule has 18 heavy (non-hydrogen) atoms. The van der Waals surface area contributed by atoms with Gasteiger partial charge in [0.05, 0.1) is 6.04 Å². The molecule has 0 heterocycles. The highest BCUT2D eigenvalue weighted by molar-refractivity contribution is 9.10. The number of hydrogen-bond donors (Lipinski definition) is 1. The third-order valence-corrected chi connectivity index (χ3v) is 4.05. The van der Waals surface area contributed by atoms with E-state index in [0.717, 1.165) is 15.6 Å². The normalized spacial score (nSPS) is 12.5. The quantitative estimate of drug-likeness (QED) is 0.856. The van der Waals surface area contributed by atoms with Gasteiger partial charge in [0.1, 0.15) is 5.82 Å². The minimum Gasteiger partial charge on any atom is -0.320 e. The lowest BCUT2D eigenvalue weighted by molar-refractivity contribution is 0.623. The molecule has 1 nitrogen and oxygen atoms in total. The zero-order valence-electron chi connectivity index (χ0n) is 9.75. The average molecular weight is 329 g/mol. The Morgan fingerprint density at radius 2 is 1.94 bits per heavy atom. The van der Waals surface area contributed by atoms with Crippen LogP contribution in [0.4, 0.5) is 4.39 Å². The predicted molar refractivity (Wildman–Crippen MR) is 76.3 cm³/mol. The van der Waals surface area contributed by atoms with E-state index in [1.54, 1.807) is 0 Å². The van der Waals surface area contributed by atoms with E-state index in [9.17, 15) is 4.39 Å². The lowest BCUT2D eigenvalue weighted by Gasteiger charge is -2.15. The summed E-state index contributed by atoms with van der Waals surface area (Å²) in [5.41, 5.74) is 8.73. The van der Waals surface area contributed by atoms with E-state index in [1.165, 1.54) is 18.2 Å². The topological polar surface area (TPSA) is 26.0 Å². The van der Waals surface area contributed by atoms with Crippen LogP contribution in [0, 0.1) is 12.7 Å². The molecule has 0 aromatic heterocycles. The van der Waals surface area contributed by atoms with Crippen molar-refractivity contribution in [3.05, 3.63) is 68.4 Å². The fourth-order valence-electron chi connectivity index (χ4n) is 1.74. The van der Waals surface area contributed by atoms with Gasteiger partial charge in [-0.15, -0.1) is 0 Å². The second-order valence-electron chi connectivity index (χ2n) is 4.15. The van der Waals surface area contributed by atoms with Crippen molar-refractivity contribution in [2.45, 2.75) is 13.0 Å². The fourth-order valence-corrected chi connectivity index (χ4v) is 2.37. The average Bonchev–Trinajstić information content (AvgIpc) is 2.35. The van der Waals surface area contributed by atoms with Crippen LogP contribution in [-0.4, -0.2) is 0 Å². The first-order chi connectivity index (χ1) is 8.49. The molecule has 2 aromatic rings. The molecule has 0 saturated heterocycles. The predicted octanol–water partition coefficient (Wildman–Crippen LogP) is 4.60. The first-order valence-corrected chi connectivity index (χ1v) is 6.62. The highest BCUT2D eigenvalue weighted by Gasteiger charge is 2.14. The summed E-state index contributed by atoms with van der Waals surface area (Å²) >= 11 is 9.51. The molecule has 0 aliphatic heterocycles. The molecule has 0 bridgehead atoms. The summed E-state index contributed by atoms with van der Waals surface area (Å²) in [7, 11) is 0. The number of benzene rings is 2. The Bertz CT molecular complexity index is 586. The highest BCUT2D eigenvalue weighted by atomic mass is 79.9. The zero-order valence-corrected chi connectivity index (χ0v) is 12.1. The van der Waals surface area contributed by atoms with Crippen LogP contribution in [0.5, 0.6) is 0 Å². The van der Waals surface area contributed by atoms with Crippen molar-refractivity contribution in [3.63, 3.8) is 0 Å². The van der Waals surface area contributed by atoms with Crippen LogP contribution in [0.3, 0.4) is 0 Å². The van der Waals surface area contributed by atoms with E-state index >= 15 is 0 Å². The fraction of sp³-hybridized carbons (Fsp3) is 0.143. The number of rotatable bonds is 2. The van der Waals surface area contributed by atoms with E-state index in [4.69, 9.17) is 17.3 Å². The lowest BCUT2D eigenvalue weighted by Crippen LogP contribution is -2.12. The molecule has 0 aliphatic rings. The molecule has 1 atom stereocenters. The van der Waals surface area contributed by atoms with Crippen LogP contribution < -0.4 is 5.73 Å². The highest BCUT2D eigenvalue weighted by Crippen LogP contribution is 2.29. The van der Waals surface area contributed by atoms with Crippen LogP contribution in [-0.2, 0) is 0 Å². The van der Waals surface area contributed by atoms with Crippen molar-refractivity contribution in [2.75, 3.05) is 0 Å². The summed E-state index contributed by atoms with van der Waals surface area (Å²) in [6.45, 7) is 1.99. The Morgan fingerprint density at radius 1 is 1.22 bits per heavy atom. The van der Waals surface area contributed by atoms with E-state index in [-0.39, 0.29) is 5.82 Å². The Labute approximate surface area is 119 Å². The summed E-state index contributed by atoms with van der Waals surface area (Å²) in [5, 5.41) is 0.473. The van der Waals surface area contributed by atoms with E-state index in [0.29, 0.717) is 10.6 Å². The maximum atomic E-state index is 13.2. The van der Waals surface area contributed by atoms with Gasteiger partial charge in [0.25, 0.3) is 0 Å². The Kier molecular flexibility index (Phi) is 4.05. The Hall–Kier alpha value is -0.900. The van der Waals surface area contributed by atoms with Crippen molar-refractivity contribution in [1.82, 2.24) is 0 Å². The summed E-state index contributed by atoms with van der Waals surface area (Å²) in [6.07, 6.45) is 0. The maximum Gasteiger partial charge on any atom is 0.123 e. The number of hydrogen-bond acceptors (Lipinski definition) is 1. The van der Waals surface area contributed by atoms with Crippen LogP contribution in [0.1, 0.15) is 22.7 Å². The first-order valence-electron chi connectivity index (χ1n) is 5.45. The van der Waals surface area contributed by atoms with Crippen molar-refractivity contribution >= 4 is 27.5 Å². The SMILES string of the molecule is Cc1ccc(C(N)c2cc(F)ccc2Cl)cc1Br. The molecule has 0 amide bonds. The van der Waals surface area contributed by atoms with Crippen molar-refractivity contribution in [2.24, 2.45) is 5.73 Å². The third kappa shape index (κ3) is 2.74. The van der Waals surface area contributed by atoms with Gasteiger partial charge in [0, 0.05) is 9.50 Å². The molecule has 0 fully saturated rings. The summed E-state index contributed by atoms with van der Waals surface area (Å²) < 4.78 is 14.2. The molecule has 2 N–H and O–H groups in total. The summed E-state index contributed by atoms with van der Waals surface area (Å²) in [5.74, 6) is -0.337. The minimum atomic E-state index is -0.440. The van der Waals surface area contributed by atoms with Gasteiger partial charge in [0.15, 0.2) is 0 Å². The van der Waals surface area contributed by atoms with Gasteiger partial charge >= 0.3 is 0 Å². The molecule has 0 spiro atoms. The molecule has 1 unspecified atom stereocenters. The summed E-state index contributed by atoms with van der Waals surface area (Å²) in [4.78, 5) is 0. The lowest BCUT2D eigenvalue weighted by atomic mass is 9.98. The van der Waals surface area contributed by atoms with Gasteiger partial charge in [-0.05, 0) is 47.9 Å². The van der Waals surface area contributed by atoms with Crippen molar-refractivity contribution < 1.29 is 4.39 Å². The van der Waals surface area contributed by atoms with Crippen LogP contribution in [0.2, 0.25) is 5.02 Å². The summed E-state index contributed by atoms with van der Waals surface area (Å²) in [6, 6.07) is 9.60. The van der Waals surface area contributed by atoms with Gasteiger partial charge in [-0.1, -0.05) is 39.7 Å². The molecule has 0 radical (unpaired) electrons. The second-order valence-corrected chi connectivity index (χ2v) is 5.41. The Balaban J connectivity index is 2.44. The van der Waals surface area contributed by atoms with E-state index in [2.05, 4.69) is 15.9 Å². The van der Waals surface area contributed by atoms with Gasteiger partial charge in [0.2, 0.25) is 0 Å². The van der Waals surface area contributed by atoms with Gasteiger partial charge < -0.3 is 5.73 Å². The number of nitrogens with two attached hydrogens (primary N) is 1. The van der Waals surface area contributed by atoms with Gasteiger partial charge in [-0.3, -0.25) is 0 Å². The van der Waals surface area contributed by atoms with Crippen LogP contribution in [0.15, 0.2) is 40.9 Å². The van der Waals surface area contributed by atoms with Crippen molar-refractivity contribution in [1.29, 1.82) is 0 Å². The minimum absolute atomic E-state index is 0.337. The third-order valence-electron chi connectivity index (χ3n) is 2.85. The molecule has 0 saturated carbocycles. The molecule has 94 valence electrons. The van der Waals surface area contributed by atoms with Gasteiger partial charge in [-0.25, -0.2) is 4.39 Å². The molecular formula is C14H12BrClFN. The largest absolute Gasteiger partial charge is 0.320 e. The maximum absolute atomic E-state index is 13.2. The number of halogens is 3. The van der Waals surface area contributed by atoms with Gasteiger partial charge in [-0.2, -0.15) is 0 Å². The monoisotopic (exact) mass is 327 g/mol. The standard InChI is InChI=1S/C14H12BrClFN/c1-8-2-3-9(6-12(8)15)14(18)11-7-10(17)4-5-13(11)16/h2-7,14H,18H2,1H3. The van der Waals surface area contributed by atoms with Crippen LogP contribution >= 0.6 is 27.5 Å². The first kappa shape index (κ1) is 13.5. The zero-order chi connectivity index (χ0) is 13.3. The molecule has 2 aromatic carbocycles. The molecule has 4 heteroatoms. The smallest absolute Gasteiger partial charge is 0.123 e.